The van der Waals surface area contributed by atoms with Crippen LogP contribution in [0.5, 0.6) is 0 Å². The lowest BCUT2D eigenvalue weighted by Crippen LogP contribution is -2.29. The van der Waals surface area contributed by atoms with E-state index in [2.05, 4.69) is 370 Å². The first kappa shape index (κ1) is 70.3. The quantitative estimate of drug-likeness (QED) is 0.0416. The van der Waals surface area contributed by atoms with Gasteiger partial charge in [-0.3, -0.25) is 0 Å². The molecule has 2 heteroatoms. The first-order valence-electron chi connectivity index (χ1n) is 39.5. The summed E-state index contributed by atoms with van der Waals surface area (Å²) in [5.41, 5.74) is 40.0. The molecule has 0 aliphatic heterocycles. The highest BCUT2D eigenvalue weighted by molar-refractivity contribution is 5.93. The van der Waals surface area contributed by atoms with Crippen LogP contribution in [0.2, 0.25) is 0 Å². The first-order valence-corrected chi connectivity index (χ1v) is 39.5. The maximum Gasteiger partial charge on any atom is 0.0714 e. The molecule has 0 fully saturated rings. The van der Waals surface area contributed by atoms with Crippen molar-refractivity contribution in [1.82, 2.24) is 0 Å². The van der Waals surface area contributed by atoms with Crippen molar-refractivity contribution in [3.05, 3.63) is 382 Å². The summed E-state index contributed by atoms with van der Waals surface area (Å²) in [5, 5.41) is 0. The molecule has 13 aromatic rings. The summed E-state index contributed by atoms with van der Waals surface area (Å²) in [7, 11) is 0. The van der Waals surface area contributed by atoms with Gasteiger partial charge in [-0.05, 0) is 317 Å². The van der Waals surface area contributed by atoms with Crippen molar-refractivity contribution in [3.8, 4) is 66.8 Å². The molecule has 0 atom stereocenters. The van der Waals surface area contributed by atoms with Gasteiger partial charge in [0.05, 0.1) is 5.41 Å². The van der Waals surface area contributed by atoms with Crippen molar-refractivity contribution in [3.63, 3.8) is 0 Å². The minimum atomic E-state index is -0.488. The highest BCUT2D eigenvalue weighted by Crippen LogP contribution is 2.60. The summed E-state index contributed by atoms with van der Waals surface area (Å²) in [5.74, 6) is 0. The van der Waals surface area contributed by atoms with Crippen LogP contribution in [-0.2, 0) is 29.1 Å². The molecule has 0 aromatic heterocycles. The van der Waals surface area contributed by atoms with E-state index in [1.807, 2.05) is 0 Å². The zero-order chi connectivity index (χ0) is 73.6. The summed E-state index contributed by atoms with van der Waals surface area (Å²) in [6.45, 7) is 26.8. The van der Waals surface area contributed by atoms with Gasteiger partial charge in [-0.2, -0.15) is 0 Å². The van der Waals surface area contributed by atoms with Crippen molar-refractivity contribution in [2.75, 3.05) is 9.80 Å². The van der Waals surface area contributed by atoms with E-state index in [1.54, 1.807) is 0 Å². The number of hydrogen-bond donors (Lipinski definition) is 0. The lowest BCUT2D eigenvalue weighted by Gasteiger charge is -2.35. The average Bonchev–Trinajstić information content (AvgIpc) is 1.55. The van der Waals surface area contributed by atoms with Crippen LogP contribution in [0.4, 0.5) is 34.1 Å². The van der Waals surface area contributed by atoms with Crippen molar-refractivity contribution in [2.45, 2.75) is 149 Å². The second-order valence-electron chi connectivity index (χ2n) is 31.5. The van der Waals surface area contributed by atoms with Gasteiger partial charge in [0.15, 0.2) is 0 Å². The molecule has 0 saturated heterocycles. The van der Waals surface area contributed by atoms with E-state index in [-0.39, 0.29) is 10.8 Å². The van der Waals surface area contributed by atoms with Crippen LogP contribution in [0, 0.1) is 27.7 Å². The third-order valence-corrected chi connectivity index (χ3v) is 24.1. The van der Waals surface area contributed by atoms with Gasteiger partial charge in [-0.1, -0.05) is 251 Å². The van der Waals surface area contributed by atoms with Crippen LogP contribution in [-0.4, -0.2) is 0 Å². The third-order valence-electron chi connectivity index (χ3n) is 24.1. The van der Waals surface area contributed by atoms with Crippen molar-refractivity contribution in [1.29, 1.82) is 0 Å². The molecule has 3 aliphatic rings. The van der Waals surface area contributed by atoms with Crippen molar-refractivity contribution < 1.29 is 0 Å². The topological polar surface area (TPSA) is 6.48 Å². The normalized spacial score (nSPS) is 13.6. The highest BCUT2D eigenvalue weighted by atomic mass is 15.2. The van der Waals surface area contributed by atoms with E-state index >= 15 is 0 Å². The Kier molecular flexibility index (Phi) is 19.3. The smallest absolute Gasteiger partial charge is 0.0714 e. The molecule has 0 unspecified atom stereocenters. The fourth-order valence-electron chi connectivity index (χ4n) is 18.4. The zero-order valence-corrected chi connectivity index (χ0v) is 64.0. The second kappa shape index (κ2) is 29.4. The minimum absolute atomic E-state index is 0.204. The van der Waals surface area contributed by atoms with Gasteiger partial charge in [0.1, 0.15) is 0 Å². The Balaban J connectivity index is 0.717. The molecule has 16 rings (SSSR count). The Bertz CT molecular complexity index is 5360. The number of benzene rings is 13. The van der Waals surface area contributed by atoms with Gasteiger partial charge < -0.3 is 9.80 Å². The van der Waals surface area contributed by atoms with Crippen LogP contribution < -0.4 is 9.80 Å². The Morgan fingerprint density at radius 3 is 1.01 bits per heavy atom. The fraction of sp³-hybridized carbons (Fsp3) is 0.219. The summed E-state index contributed by atoms with van der Waals surface area (Å²) < 4.78 is 0. The van der Waals surface area contributed by atoms with E-state index in [9.17, 15) is 0 Å². The molecule has 0 saturated carbocycles. The number of rotatable bonds is 25. The first-order chi connectivity index (χ1) is 52.2. The Morgan fingerprint density at radius 1 is 0.299 bits per heavy atom. The number of allylic oxidation sites excluding steroid dienone is 2. The predicted molar refractivity (Wildman–Crippen MR) is 457 cm³/mol. The lowest BCUT2D eigenvalue weighted by molar-refractivity contribution is 0.422. The number of anilines is 6. The summed E-state index contributed by atoms with van der Waals surface area (Å²) in [4.78, 5) is 4.81. The van der Waals surface area contributed by atoms with E-state index in [4.69, 9.17) is 0 Å². The lowest BCUT2D eigenvalue weighted by atomic mass is 9.67. The number of hydrogen-bond acceptors (Lipinski definition) is 2. The number of unbranched alkanes of at least 4 members (excludes halogenated alkanes) is 4. The van der Waals surface area contributed by atoms with E-state index in [1.165, 1.54) is 170 Å². The van der Waals surface area contributed by atoms with Gasteiger partial charge in [0.2, 0.25) is 0 Å². The number of aryl methyl sites for hydroxylation is 6. The molecule has 2 nitrogen and oxygen atoms in total. The van der Waals surface area contributed by atoms with Crippen LogP contribution >= 0.6 is 0 Å². The summed E-state index contributed by atoms with van der Waals surface area (Å²) in [6.07, 6.45) is 17.3. The molecule has 0 radical (unpaired) electrons. The predicted octanol–water partition coefficient (Wildman–Crippen LogP) is 29.2. The van der Waals surface area contributed by atoms with Crippen molar-refractivity contribution in [2.24, 2.45) is 0 Å². The molecular formula is C105H100N2. The SMILES string of the molecule is C=CCCCC1(CCCC=C)c2cc(-c3ccc(N(c4ccc(C)cc4)c4ccc(N(c5ccc(CCCC)cc5)c5ccc(CCCC)cc5)cc4)cc3)ccc2-c2ccc(-c3ccc4c(c3)C(C)(C)c3cc(-c5ccc6c(c5)C(c5cccc(C)c5)(c5cccc(C)c5)c5cc(C)ccc5-6)ccc3-4)cc21. The summed E-state index contributed by atoms with van der Waals surface area (Å²) >= 11 is 0. The maximum atomic E-state index is 4.24. The molecule has 13 aromatic carbocycles. The second-order valence-corrected chi connectivity index (χ2v) is 31.5. The Labute approximate surface area is 637 Å². The Morgan fingerprint density at radius 2 is 0.607 bits per heavy atom. The molecule has 0 amide bonds. The largest absolute Gasteiger partial charge is 0.311 e. The van der Waals surface area contributed by atoms with Crippen LogP contribution in [0.1, 0.15) is 170 Å². The van der Waals surface area contributed by atoms with E-state index < -0.39 is 5.41 Å². The summed E-state index contributed by atoms with van der Waals surface area (Å²) in [6, 6.07) is 108. The molecular weight excluding hydrogens is 1290 g/mol. The Hall–Kier alpha value is -11.1. The molecule has 0 bridgehead atoms. The number of nitrogens with zero attached hydrogens (tertiary/aromatic N) is 2. The van der Waals surface area contributed by atoms with E-state index in [0.717, 1.165) is 85.5 Å². The van der Waals surface area contributed by atoms with Gasteiger partial charge in [0, 0.05) is 45.0 Å². The van der Waals surface area contributed by atoms with Gasteiger partial charge in [-0.15, -0.1) is 13.2 Å². The fourth-order valence-corrected chi connectivity index (χ4v) is 18.4. The zero-order valence-electron chi connectivity index (χ0n) is 64.0. The highest BCUT2D eigenvalue weighted by Gasteiger charge is 2.47. The van der Waals surface area contributed by atoms with Crippen LogP contribution in [0.3, 0.4) is 0 Å². The van der Waals surface area contributed by atoms with Gasteiger partial charge >= 0.3 is 0 Å². The molecule has 0 spiro atoms. The third kappa shape index (κ3) is 12.8. The number of fused-ring (bicyclic) bond motifs is 9. The molecule has 0 N–H and O–H groups in total. The molecule has 0 heterocycles. The van der Waals surface area contributed by atoms with Gasteiger partial charge in [0.25, 0.3) is 0 Å². The van der Waals surface area contributed by atoms with Crippen LogP contribution in [0.25, 0.3) is 66.8 Å². The van der Waals surface area contributed by atoms with Crippen molar-refractivity contribution >= 4 is 34.1 Å². The maximum absolute atomic E-state index is 4.24. The van der Waals surface area contributed by atoms with Gasteiger partial charge in [-0.25, -0.2) is 0 Å². The molecule has 3 aliphatic carbocycles. The molecule has 107 heavy (non-hydrogen) atoms. The monoisotopic (exact) mass is 1390 g/mol. The standard InChI is InChI=1S/C105H100N2/c1-11-15-19-61-104(62-20-16-12-2)99-68-78(77-36-49-88(50-37-77)106(85-43-29-71(5)30-44-85)89-51-53-90(54-52-89)107(86-45-32-75(33-46-86)25-17-13-3)87-47-34-76(35-48-87)26-18-14-4)38-58-93(99)94-59-41-81(69-100(94)104)79-39-56-91-92-57-40-80(67-98(92)103(9,10)97(91)66-79)82-42-60-96-95-55-31-74(8)65-101(95)105(102(96)70-82,83-27-21-23-72(6)63-83)84-28-22-24-73(7)64-84/h11-12,21-24,27-60,63-70H,1-2,13-20,25-26,61-62H2,3-10H3. The van der Waals surface area contributed by atoms with E-state index in [0.29, 0.717) is 0 Å². The molecule has 530 valence electrons. The minimum Gasteiger partial charge on any atom is -0.311 e. The average molecular weight is 1390 g/mol. The van der Waals surface area contributed by atoms with Crippen LogP contribution in [0.15, 0.2) is 304 Å².